The summed E-state index contributed by atoms with van der Waals surface area (Å²) >= 11 is 0. The standard InChI is InChI=1S/C20H34.K/c1-2-3-4-5-6-7-8-9-10-11-12-14-17-20-18-15-13-16-19-20;/h13,15-16,18-19H,2-12,14,17H2,1H3;. The van der Waals surface area contributed by atoms with E-state index < -0.39 is 0 Å². The first-order valence-electron chi connectivity index (χ1n) is 8.97. The van der Waals surface area contributed by atoms with Crippen LogP contribution in [0.4, 0.5) is 0 Å². The van der Waals surface area contributed by atoms with E-state index in [2.05, 4.69) is 37.3 Å². The van der Waals surface area contributed by atoms with Gasteiger partial charge in [-0.05, 0) is 18.4 Å². The maximum atomic E-state index is 2.29. The molecule has 115 valence electrons. The molecule has 21 heavy (non-hydrogen) atoms. The van der Waals surface area contributed by atoms with E-state index in [4.69, 9.17) is 0 Å². The molecule has 0 heterocycles. The molecule has 0 aliphatic rings. The summed E-state index contributed by atoms with van der Waals surface area (Å²) in [6.07, 6.45) is 18.5. The molecular formula is C20H34K. The van der Waals surface area contributed by atoms with Crippen molar-refractivity contribution in [2.75, 3.05) is 0 Å². The van der Waals surface area contributed by atoms with Crippen LogP contribution in [0, 0.1) is 0 Å². The van der Waals surface area contributed by atoms with Crippen molar-refractivity contribution in [2.45, 2.75) is 90.4 Å². The molecule has 0 amide bonds. The van der Waals surface area contributed by atoms with Gasteiger partial charge in [0.05, 0.1) is 0 Å². The third kappa shape index (κ3) is 14.2. The Labute approximate surface area is 175 Å². The molecule has 0 N–H and O–H groups in total. The van der Waals surface area contributed by atoms with Gasteiger partial charge in [0.15, 0.2) is 0 Å². The number of aryl methyl sites for hydroxylation is 1. The smallest absolute Gasteiger partial charge is 0 e. The molecule has 0 saturated carbocycles. The Morgan fingerprint density at radius 2 is 1.00 bits per heavy atom. The van der Waals surface area contributed by atoms with E-state index in [1.165, 1.54) is 89.0 Å². The van der Waals surface area contributed by atoms with E-state index in [1.54, 1.807) is 0 Å². The topological polar surface area (TPSA) is 0 Å². The number of unbranched alkanes of at least 4 members (excludes halogenated alkanes) is 11. The number of hydrogen-bond acceptors (Lipinski definition) is 0. The van der Waals surface area contributed by atoms with E-state index in [0.717, 1.165) is 0 Å². The van der Waals surface area contributed by atoms with Gasteiger partial charge in [-0.15, -0.1) is 0 Å². The normalized spacial score (nSPS) is 10.3. The van der Waals surface area contributed by atoms with Gasteiger partial charge < -0.3 is 0 Å². The Kier molecular flexibility index (Phi) is 17.9. The maximum Gasteiger partial charge on any atom is 0 e. The molecular weight excluding hydrogens is 279 g/mol. The van der Waals surface area contributed by atoms with E-state index in [9.17, 15) is 0 Å². The Hall–Kier alpha value is 0.856. The van der Waals surface area contributed by atoms with Crippen LogP contribution in [0.5, 0.6) is 0 Å². The van der Waals surface area contributed by atoms with Gasteiger partial charge in [-0.1, -0.05) is 108 Å². The molecule has 1 radical (unpaired) electrons. The van der Waals surface area contributed by atoms with E-state index in [0.29, 0.717) is 0 Å². The first kappa shape index (κ1) is 21.9. The molecule has 0 spiro atoms. The van der Waals surface area contributed by atoms with Crippen molar-refractivity contribution in [3.63, 3.8) is 0 Å². The first-order valence-corrected chi connectivity index (χ1v) is 8.97. The second-order valence-corrected chi connectivity index (χ2v) is 6.12. The average molecular weight is 314 g/mol. The van der Waals surface area contributed by atoms with Crippen LogP contribution in [-0.4, -0.2) is 51.4 Å². The fourth-order valence-corrected chi connectivity index (χ4v) is 2.81. The molecule has 0 aromatic heterocycles. The summed E-state index contributed by atoms with van der Waals surface area (Å²) < 4.78 is 0. The molecule has 0 bridgehead atoms. The second kappa shape index (κ2) is 17.2. The summed E-state index contributed by atoms with van der Waals surface area (Å²) in [5.74, 6) is 0. The van der Waals surface area contributed by atoms with Gasteiger partial charge in [0.1, 0.15) is 0 Å². The Balaban J connectivity index is 0.00000400. The zero-order valence-electron chi connectivity index (χ0n) is 14.6. The van der Waals surface area contributed by atoms with Crippen LogP contribution in [0.15, 0.2) is 30.3 Å². The molecule has 1 aromatic carbocycles. The van der Waals surface area contributed by atoms with Gasteiger partial charge >= 0.3 is 0 Å². The summed E-state index contributed by atoms with van der Waals surface area (Å²) in [5.41, 5.74) is 1.50. The molecule has 1 aromatic rings. The van der Waals surface area contributed by atoms with Crippen molar-refractivity contribution < 1.29 is 0 Å². The van der Waals surface area contributed by atoms with Crippen molar-refractivity contribution in [2.24, 2.45) is 0 Å². The zero-order valence-corrected chi connectivity index (χ0v) is 17.7. The van der Waals surface area contributed by atoms with Crippen LogP contribution < -0.4 is 0 Å². The summed E-state index contributed by atoms with van der Waals surface area (Å²) in [6, 6.07) is 10.9. The summed E-state index contributed by atoms with van der Waals surface area (Å²) in [6.45, 7) is 2.29. The molecule has 0 atom stereocenters. The molecule has 0 nitrogen and oxygen atoms in total. The number of rotatable bonds is 13. The minimum atomic E-state index is 0. The van der Waals surface area contributed by atoms with E-state index in [1.807, 2.05) is 0 Å². The zero-order chi connectivity index (χ0) is 14.3. The Morgan fingerprint density at radius 1 is 0.571 bits per heavy atom. The summed E-state index contributed by atoms with van der Waals surface area (Å²) in [7, 11) is 0. The van der Waals surface area contributed by atoms with Gasteiger partial charge in [-0.2, -0.15) is 0 Å². The summed E-state index contributed by atoms with van der Waals surface area (Å²) in [5, 5.41) is 0. The molecule has 0 aliphatic heterocycles. The fraction of sp³-hybridized carbons (Fsp3) is 0.700. The van der Waals surface area contributed by atoms with Crippen LogP contribution in [0.25, 0.3) is 0 Å². The SMILES string of the molecule is CCCCCCCCCCCCCCc1ccccc1.[K]. The molecule has 1 heteroatoms. The number of hydrogen-bond donors (Lipinski definition) is 0. The van der Waals surface area contributed by atoms with Crippen molar-refractivity contribution in [1.82, 2.24) is 0 Å². The fourth-order valence-electron chi connectivity index (χ4n) is 2.81. The third-order valence-corrected chi connectivity index (χ3v) is 4.16. The Bertz CT molecular complexity index is 294. The predicted octanol–water partition coefficient (Wildman–Crippen LogP) is 6.55. The summed E-state index contributed by atoms with van der Waals surface area (Å²) in [4.78, 5) is 0. The minimum absolute atomic E-state index is 0. The van der Waals surface area contributed by atoms with Crippen molar-refractivity contribution >= 4 is 51.4 Å². The van der Waals surface area contributed by atoms with Crippen LogP contribution in [0.1, 0.15) is 89.5 Å². The maximum absolute atomic E-state index is 2.29. The van der Waals surface area contributed by atoms with Crippen LogP contribution >= 0.6 is 0 Å². The first-order chi connectivity index (χ1) is 9.93. The van der Waals surface area contributed by atoms with Crippen LogP contribution in [-0.2, 0) is 6.42 Å². The second-order valence-electron chi connectivity index (χ2n) is 6.12. The Morgan fingerprint density at radius 3 is 1.48 bits per heavy atom. The molecule has 0 unspecified atom stereocenters. The quantitative estimate of drug-likeness (QED) is 0.286. The molecule has 0 fully saturated rings. The van der Waals surface area contributed by atoms with Gasteiger partial charge in [-0.25, -0.2) is 0 Å². The minimum Gasteiger partial charge on any atom is -0.0654 e. The van der Waals surface area contributed by atoms with Gasteiger partial charge in [-0.3, -0.25) is 0 Å². The largest absolute Gasteiger partial charge is 0.0654 e. The molecule has 0 aliphatic carbocycles. The monoisotopic (exact) mass is 313 g/mol. The van der Waals surface area contributed by atoms with Crippen molar-refractivity contribution in [3.05, 3.63) is 35.9 Å². The van der Waals surface area contributed by atoms with Gasteiger partial charge in [0.25, 0.3) is 0 Å². The van der Waals surface area contributed by atoms with Gasteiger partial charge in [0.2, 0.25) is 0 Å². The predicted molar refractivity (Wildman–Crippen MR) is 97.0 cm³/mol. The van der Waals surface area contributed by atoms with Crippen LogP contribution in [0.2, 0.25) is 0 Å². The van der Waals surface area contributed by atoms with Gasteiger partial charge in [0, 0.05) is 51.4 Å². The van der Waals surface area contributed by atoms with Crippen molar-refractivity contribution in [3.8, 4) is 0 Å². The van der Waals surface area contributed by atoms with Crippen LogP contribution in [0.3, 0.4) is 0 Å². The van der Waals surface area contributed by atoms with E-state index >= 15 is 0 Å². The average Bonchev–Trinajstić information content (AvgIpc) is 2.49. The molecule has 1 rings (SSSR count). The van der Waals surface area contributed by atoms with Crippen molar-refractivity contribution in [1.29, 1.82) is 0 Å². The third-order valence-electron chi connectivity index (χ3n) is 4.16. The number of benzene rings is 1. The molecule has 0 saturated heterocycles. The van der Waals surface area contributed by atoms with E-state index in [-0.39, 0.29) is 51.4 Å².